The number of carbonyl (C=O) groups is 2. The lowest BCUT2D eigenvalue weighted by atomic mass is 9.76. The van der Waals surface area contributed by atoms with Gasteiger partial charge in [-0.2, -0.15) is 0 Å². The minimum Gasteiger partial charge on any atom is -0.480 e. The van der Waals surface area contributed by atoms with E-state index in [2.05, 4.69) is 5.32 Å². The van der Waals surface area contributed by atoms with Gasteiger partial charge >= 0.3 is 5.97 Å². The number of nitrogens with two attached hydrogens (primary N) is 1. The first-order valence-corrected chi connectivity index (χ1v) is 5.81. The lowest BCUT2D eigenvalue weighted by Crippen LogP contribution is -2.60. The number of nitrogens with one attached hydrogen (secondary N) is 1. The predicted octanol–water partition coefficient (Wildman–Crippen LogP) is 0.485. The van der Waals surface area contributed by atoms with Gasteiger partial charge in [0.2, 0.25) is 5.91 Å². The molecule has 1 rings (SSSR count). The van der Waals surface area contributed by atoms with Crippen LogP contribution in [0.25, 0.3) is 0 Å². The van der Waals surface area contributed by atoms with Gasteiger partial charge in [-0.15, -0.1) is 0 Å². The summed E-state index contributed by atoms with van der Waals surface area (Å²) in [5.74, 6) is -1.41. The van der Waals surface area contributed by atoms with Crippen molar-refractivity contribution >= 4 is 11.9 Å². The molecule has 0 spiro atoms. The second-order valence-electron chi connectivity index (χ2n) is 4.45. The molecule has 5 heteroatoms. The molecule has 92 valence electrons. The van der Waals surface area contributed by atoms with E-state index in [4.69, 9.17) is 10.8 Å². The van der Waals surface area contributed by atoms with Crippen LogP contribution in [0.1, 0.15) is 39.0 Å². The highest BCUT2D eigenvalue weighted by atomic mass is 16.4. The second-order valence-corrected chi connectivity index (χ2v) is 4.45. The van der Waals surface area contributed by atoms with Gasteiger partial charge in [0.25, 0.3) is 0 Å². The van der Waals surface area contributed by atoms with Crippen LogP contribution in [0, 0.1) is 5.92 Å². The highest BCUT2D eigenvalue weighted by Gasteiger charge is 2.46. The van der Waals surface area contributed by atoms with Crippen molar-refractivity contribution in [3.63, 3.8) is 0 Å². The SMILES string of the molecule is CCCC(CN)C(=O)NC1(C(=O)O)CCC1. The van der Waals surface area contributed by atoms with Crippen LogP contribution >= 0.6 is 0 Å². The molecule has 0 saturated heterocycles. The van der Waals surface area contributed by atoms with Gasteiger partial charge in [-0.1, -0.05) is 13.3 Å². The van der Waals surface area contributed by atoms with Crippen LogP contribution in [-0.2, 0) is 9.59 Å². The summed E-state index contributed by atoms with van der Waals surface area (Å²) in [6.07, 6.45) is 3.48. The van der Waals surface area contributed by atoms with Gasteiger partial charge in [-0.05, 0) is 25.7 Å². The summed E-state index contributed by atoms with van der Waals surface area (Å²) in [5, 5.41) is 11.7. The summed E-state index contributed by atoms with van der Waals surface area (Å²) in [4.78, 5) is 22.9. The van der Waals surface area contributed by atoms with Crippen LogP contribution in [-0.4, -0.2) is 29.1 Å². The zero-order valence-corrected chi connectivity index (χ0v) is 9.66. The average molecular weight is 228 g/mol. The van der Waals surface area contributed by atoms with Crippen molar-refractivity contribution in [1.29, 1.82) is 0 Å². The number of rotatable bonds is 6. The van der Waals surface area contributed by atoms with E-state index in [0.717, 1.165) is 12.8 Å². The van der Waals surface area contributed by atoms with Gasteiger partial charge in [-0.3, -0.25) is 4.79 Å². The molecule has 1 amide bonds. The third-order valence-corrected chi connectivity index (χ3v) is 3.27. The molecule has 0 radical (unpaired) electrons. The first-order chi connectivity index (χ1) is 7.55. The van der Waals surface area contributed by atoms with E-state index in [1.165, 1.54) is 0 Å². The summed E-state index contributed by atoms with van der Waals surface area (Å²) in [5.41, 5.74) is 4.49. The van der Waals surface area contributed by atoms with E-state index < -0.39 is 11.5 Å². The minimum absolute atomic E-state index is 0.216. The van der Waals surface area contributed by atoms with Crippen molar-refractivity contribution in [2.45, 2.75) is 44.6 Å². The number of carboxylic acid groups (broad SMARTS) is 1. The summed E-state index contributed by atoms with van der Waals surface area (Å²) in [6, 6.07) is 0. The molecule has 0 aromatic carbocycles. The molecule has 0 aliphatic heterocycles. The van der Waals surface area contributed by atoms with E-state index >= 15 is 0 Å². The molecular formula is C11H20N2O3. The highest BCUT2D eigenvalue weighted by molar-refractivity contribution is 5.88. The van der Waals surface area contributed by atoms with Crippen molar-refractivity contribution in [3.8, 4) is 0 Å². The molecule has 0 heterocycles. The maximum atomic E-state index is 11.8. The van der Waals surface area contributed by atoms with Crippen LogP contribution < -0.4 is 11.1 Å². The molecule has 16 heavy (non-hydrogen) atoms. The zero-order chi connectivity index (χ0) is 12.2. The van der Waals surface area contributed by atoms with Crippen molar-refractivity contribution in [2.75, 3.05) is 6.54 Å². The van der Waals surface area contributed by atoms with Crippen LogP contribution in [0.3, 0.4) is 0 Å². The van der Waals surface area contributed by atoms with E-state index in [0.29, 0.717) is 19.3 Å². The molecule has 1 atom stereocenters. The number of carbonyl (C=O) groups excluding carboxylic acids is 1. The first-order valence-electron chi connectivity index (χ1n) is 5.81. The third-order valence-electron chi connectivity index (χ3n) is 3.27. The Hall–Kier alpha value is -1.10. The number of carboxylic acids is 1. The monoisotopic (exact) mass is 228 g/mol. The van der Waals surface area contributed by atoms with Crippen molar-refractivity contribution in [3.05, 3.63) is 0 Å². The Kier molecular flexibility index (Phi) is 4.29. The van der Waals surface area contributed by atoms with Gasteiger partial charge in [-0.25, -0.2) is 4.79 Å². The predicted molar refractivity (Wildman–Crippen MR) is 59.8 cm³/mol. The van der Waals surface area contributed by atoms with E-state index in [1.807, 2.05) is 6.92 Å². The summed E-state index contributed by atoms with van der Waals surface area (Å²) in [7, 11) is 0. The quantitative estimate of drug-likeness (QED) is 0.616. The van der Waals surface area contributed by atoms with Gasteiger partial charge in [0.05, 0.1) is 5.92 Å². The Morgan fingerprint density at radius 1 is 1.50 bits per heavy atom. The van der Waals surface area contributed by atoms with Crippen LogP contribution in [0.15, 0.2) is 0 Å². The Morgan fingerprint density at radius 2 is 2.12 bits per heavy atom. The minimum atomic E-state index is -1.02. The molecule has 1 aliphatic carbocycles. The van der Waals surface area contributed by atoms with E-state index in [-0.39, 0.29) is 18.4 Å². The van der Waals surface area contributed by atoms with E-state index in [1.54, 1.807) is 0 Å². The zero-order valence-electron chi connectivity index (χ0n) is 9.66. The number of hydrogen-bond acceptors (Lipinski definition) is 3. The molecular weight excluding hydrogens is 208 g/mol. The van der Waals surface area contributed by atoms with Gasteiger partial charge in [0.1, 0.15) is 5.54 Å². The Labute approximate surface area is 95.4 Å². The van der Waals surface area contributed by atoms with Crippen LogP contribution in [0.2, 0.25) is 0 Å². The molecule has 0 aromatic rings. The standard InChI is InChI=1S/C11H20N2O3/c1-2-4-8(7-12)9(14)13-11(10(15)16)5-3-6-11/h8H,2-7,12H2,1H3,(H,13,14)(H,15,16). The highest BCUT2D eigenvalue weighted by Crippen LogP contribution is 2.32. The molecule has 1 saturated carbocycles. The summed E-state index contributed by atoms with van der Waals surface area (Å²) in [6.45, 7) is 2.25. The van der Waals surface area contributed by atoms with Crippen LogP contribution in [0.5, 0.6) is 0 Å². The second kappa shape index (κ2) is 5.30. The lowest BCUT2D eigenvalue weighted by Gasteiger charge is -2.39. The van der Waals surface area contributed by atoms with E-state index in [9.17, 15) is 9.59 Å². The Balaban J connectivity index is 2.58. The molecule has 1 aliphatic rings. The largest absolute Gasteiger partial charge is 0.480 e. The molecule has 0 bridgehead atoms. The van der Waals surface area contributed by atoms with Crippen molar-refractivity contribution in [2.24, 2.45) is 11.7 Å². The topological polar surface area (TPSA) is 92.4 Å². The molecule has 1 fully saturated rings. The normalized spacial score (nSPS) is 19.6. The van der Waals surface area contributed by atoms with Crippen molar-refractivity contribution < 1.29 is 14.7 Å². The lowest BCUT2D eigenvalue weighted by molar-refractivity contribution is -0.152. The fraction of sp³-hybridized carbons (Fsp3) is 0.818. The van der Waals surface area contributed by atoms with Gasteiger partial charge < -0.3 is 16.2 Å². The maximum absolute atomic E-state index is 11.8. The molecule has 0 aromatic heterocycles. The number of hydrogen-bond donors (Lipinski definition) is 3. The van der Waals surface area contributed by atoms with Crippen LogP contribution in [0.4, 0.5) is 0 Å². The summed E-state index contributed by atoms with van der Waals surface area (Å²) < 4.78 is 0. The van der Waals surface area contributed by atoms with Gasteiger partial charge in [0.15, 0.2) is 0 Å². The smallest absolute Gasteiger partial charge is 0.329 e. The molecule has 1 unspecified atom stereocenters. The number of amides is 1. The third kappa shape index (κ3) is 2.52. The Bertz CT molecular complexity index is 274. The number of aliphatic carboxylic acids is 1. The Morgan fingerprint density at radius 3 is 2.44 bits per heavy atom. The average Bonchev–Trinajstić information content (AvgIpc) is 2.18. The molecule has 5 nitrogen and oxygen atoms in total. The first kappa shape index (κ1) is 13.0. The van der Waals surface area contributed by atoms with Crippen molar-refractivity contribution in [1.82, 2.24) is 5.32 Å². The summed E-state index contributed by atoms with van der Waals surface area (Å²) >= 11 is 0. The van der Waals surface area contributed by atoms with Gasteiger partial charge in [0, 0.05) is 6.54 Å². The maximum Gasteiger partial charge on any atom is 0.329 e. The molecule has 4 N–H and O–H groups in total. The fourth-order valence-electron chi connectivity index (χ4n) is 1.97. The fourth-order valence-corrected chi connectivity index (χ4v) is 1.97.